The fraction of sp³-hybridized carbons (Fsp3) is 0.800. The summed E-state index contributed by atoms with van der Waals surface area (Å²) in [6.45, 7) is 0. The van der Waals surface area contributed by atoms with E-state index in [0.29, 0.717) is 11.3 Å². The van der Waals surface area contributed by atoms with Gasteiger partial charge in [-0.3, -0.25) is 0 Å². The van der Waals surface area contributed by atoms with Crippen molar-refractivity contribution in [1.29, 1.82) is 0 Å². The lowest BCUT2D eigenvalue weighted by Crippen LogP contribution is -2.17. The summed E-state index contributed by atoms with van der Waals surface area (Å²) in [6.07, 6.45) is 2.29. The predicted molar refractivity (Wildman–Crippen MR) is 60.0 cm³/mol. The molecule has 0 radical (unpaired) electrons. The average Bonchev–Trinajstić information content (AvgIpc) is 2.56. The summed E-state index contributed by atoms with van der Waals surface area (Å²) < 4.78 is 37.0. The van der Waals surface area contributed by atoms with Gasteiger partial charge in [0.15, 0.2) is 0 Å². The highest BCUT2D eigenvalue weighted by Crippen LogP contribution is 2.33. The van der Waals surface area contributed by atoms with E-state index in [1.807, 2.05) is 0 Å². The molecule has 1 N–H and O–H groups in total. The van der Waals surface area contributed by atoms with Gasteiger partial charge in [0.2, 0.25) is 10.1 Å². The number of halogens is 3. The summed E-state index contributed by atoms with van der Waals surface area (Å²) in [5, 5.41) is 9.16. The molecule has 0 saturated heterocycles. The van der Waals surface area contributed by atoms with Crippen molar-refractivity contribution in [3.8, 4) is 0 Å². The van der Waals surface area contributed by atoms with E-state index in [-0.39, 0.29) is 11.2 Å². The van der Waals surface area contributed by atoms with Gasteiger partial charge in [-0.1, -0.05) is 37.0 Å². The molecule has 1 saturated carbocycles. The maximum atomic E-state index is 12.3. The van der Waals surface area contributed by atoms with Gasteiger partial charge in [0.05, 0.1) is 0 Å². The molecule has 1 fully saturated rings. The Labute approximate surface area is 101 Å². The van der Waals surface area contributed by atoms with Crippen LogP contribution in [-0.4, -0.2) is 16.2 Å². The van der Waals surface area contributed by atoms with Crippen LogP contribution in [0.15, 0.2) is 0 Å². The molecule has 1 heterocycles. The molecule has 1 aliphatic rings. The third-order valence-corrected chi connectivity index (χ3v) is 3.75. The molecule has 0 amide bonds. The highest BCUT2D eigenvalue weighted by molar-refractivity contribution is 7.15. The molecule has 0 atom stereocenters. The van der Waals surface area contributed by atoms with Crippen LogP contribution in [0, 0.1) is 0 Å². The fourth-order valence-corrected chi connectivity index (χ4v) is 2.68. The quantitative estimate of drug-likeness (QED) is 0.829. The number of hydrogen-bond acceptors (Lipinski definition) is 4. The highest BCUT2D eigenvalue weighted by atomic mass is 32.1. The molecule has 1 aromatic heterocycles. The van der Waals surface area contributed by atoms with Crippen molar-refractivity contribution in [1.82, 2.24) is 10.2 Å². The minimum atomic E-state index is -4.39. The van der Waals surface area contributed by atoms with Crippen molar-refractivity contribution in [2.45, 2.75) is 50.7 Å². The Bertz CT molecular complexity index is 356. The Hall–Kier alpha value is -0.850. The molecule has 0 aromatic carbocycles. The molecular weight excluding hydrogens is 251 g/mol. The summed E-state index contributed by atoms with van der Waals surface area (Å²) in [5.74, 6) is 0. The van der Waals surface area contributed by atoms with E-state index in [2.05, 4.69) is 15.5 Å². The van der Waals surface area contributed by atoms with Crippen molar-refractivity contribution in [2.75, 3.05) is 5.32 Å². The number of alkyl halides is 3. The number of nitrogens with one attached hydrogen (secondary N) is 1. The molecule has 0 aliphatic heterocycles. The van der Waals surface area contributed by atoms with Crippen LogP contribution < -0.4 is 5.32 Å². The van der Waals surface area contributed by atoms with Crippen molar-refractivity contribution in [3.05, 3.63) is 5.01 Å². The van der Waals surface area contributed by atoms with Gasteiger partial charge < -0.3 is 5.32 Å². The van der Waals surface area contributed by atoms with Crippen LogP contribution in [0.3, 0.4) is 0 Å². The minimum absolute atomic E-state index is 0.242. The van der Waals surface area contributed by atoms with E-state index in [1.54, 1.807) is 0 Å². The Morgan fingerprint density at radius 3 is 2.24 bits per heavy atom. The van der Waals surface area contributed by atoms with Crippen molar-refractivity contribution in [2.24, 2.45) is 0 Å². The Morgan fingerprint density at radius 2 is 1.71 bits per heavy atom. The molecule has 7 heteroatoms. The van der Waals surface area contributed by atoms with Crippen LogP contribution >= 0.6 is 11.3 Å². The Morgan fingerprint density at radius 1 is 1.06 bits per heavy atom. The van der Waals surface area contributed by atoms with Gasteiger partial charge in [0.1, 0.15) is 0 Å². The average molecular weight is 265 g/mol. The molecule has 1 aliphatic carbocycles. The normalized spacial score (nSPS) is 19.0. The van der Waals surface area contributed by atoms with Crippen LogP contribution in [0.4, 0.5) is 18.3 Å². The zero-order chi connectivity index (χ0) is 12.3. The third kappa shape index (κ3) is 3.55. The van der Waals surface area contributed by atoms with Crippen molar-refractivity contribution in [3.63, 3.8) is 0 Å². The van der Waals surface area contributed by atoms with E-state index in [1.165, 1.54) is 12.8 Å². The molecule has 1 aromatic rings. The highest BCUT2D eigenvalue weighted by Gasteiger charge is 2.35. The SMILES string of the molecule is FC(F)(F)c1nnc(NC2CCCCCC2)s1. The first kappa shape index (κ1) is 12.6. The number of rotatable bonds is 2. The first-order valence-electron chi connectivity index (χ1n) is 5.73. The molecule has 96 valence electrons. The lowest BCUT2D eigenvalue weighted by Gasteiger charge is -2.14. The zero-order valence-electron chi connectivity index (χ0n) is 9.26. The summed E-state index contributed by atoms with van der Waals surface area (Å²) in [6, 6.07) is 0.242. The largest absolute Gasteiger partial charge is 0.445 e. The standard InChI is InChI=1S/C10H14F3N3S/c11-10(12,13)8-15-16-9(17-8)14-7-5-3-1-2-4-6-7/h7H,1-6H2,(H,14,16). The molecule has 3 nitrogen and oxygen atoms in total. The fourth-order valence-electron chi connectivity index (χ4n) is 1.99. The molecule has 0 unspecified atom stereocenters. The smallest absolute Gasteiger partial charge is 0.357 e. The molecule has 0 spiro atoms. The maximum Gasteiger partial charge on any atom is 0.445 e. The van der Waals surface area contributed by atoms with Gasteiger partial charge in [-0.25, -0.2) is 0 Å². The van der Waals surface area contributed by atoms with Crippen LogP contribution in [-0.2, 0) is 6.18 Å². The van der Waals surface area contributed by atoms with Gasteiger partial charge in [0.25, 0.3) is 0 Å². The summed E-state index contributed by atoms with van der Waals surface area (Å²) in [4.78, 5) is 0. The second kappa shape index (κ2) is 5.20. The predicted octanol–water partition coefficient (Wildman–Crippen LogP) is 3.69. The number of nitrogens with zero attached hydrogens (tertiary/aromatic N) is 2. The number of anilines is 1. The monoisotopic (exact) mass is 265 g/mol. The second-order valence-corrected chi connectivity index (χ2v) is 5.22. The van der Waals surface area contributed by atoms with Gasteiger partial charge in [-0.05, 0) is 12.8 Å². The molecular formula is C10H14F3N3S. The van der Waals surface area contributed by atoms with Crippen molar-refractivity contribution < 1.29 is 13.2 Å². The van der Waals surface area contributed by atoms with Crippen LogP contribution in [0.25, 0.3) is 0 Å². The second-order valence-electron chi connectivity index (χ2n) is 4.24. The Balaban J connectivity index is 1.96. The van der Waals surface area contributed by atoms with E-state index in [9.17, 15) is 13.2 Å². The third-order valence-electron chi connectivity index (χ3n) is 2.85. The van der Waals surface area contributed by atoms with Crippen LogP contribution in [0.5, 0.6) is 0 Å². The topological polar surface area (TPSA) is 37.8 Å². The minimum Gasteiger partial charge on any atom is -0.357 e. The first-order valence-corrected chi connectivity index (χ1v) is 6.54. The number of aromatic nitrogens is 2. The molecule has 0 bridgehead atoms. The lowest BCUT2D eigenvalue weighted by atomic mass is 10.1. The van der Waals surface area contributed by atoms with Crippen LogP contribution in [0.2, 0.25) is 0 Å². The van der Waals surface area contributed by atoms with E-state index in [4.69, 9.17) is 0 Å². The van der Waals surface area contributed by atoms with Gasteiger partial charge in [-0.15, -0.1) is 10.2 Å². The summed E-state index contributed by atoms with van der Waals surface area (Å²) in [5.41, 5.74) is 0. The molecule has 17 heavy (non-hydrogen) atoms. The van der Waals surface area contributed by atoms with E-state index >= 15 is 0 Å². The van der Waals surface area contributed by atoms with E-state index < -0.39 is 11.2 Å². The van der Waals surface area contributed by atoms with Crippen LogP contribution in [0.1, 0.15) is 43.5 Å². The van der Waals surface area contributed by atoms with Gasteiger partial charge in [0, 0.05) is 6.04 Å². The van der Waals surface area contributed by atoms with Gasteiger partial charge in [-0.2, -0.15) is 13.2 Å². The summed E-state index contributed by atoms with van der Waals surface area (Å²) >= 11 is 0.582. The lowest BCUT2D eigenvalue weighted by molar-refractivity contribution is -0.138. The first-order chi connectivity index (χ1) is 8.05. The number of hydrogen-bond donors (Lipinski definition) is 1. The molecule has 2 rings (SSSR count). The van der Waals surface area contributed by atoms with Gasteiger partial charge >= 0.3 is 6.18 Å². The zero-order valence-corrected chi connectivity index (χ0v) is 10.1. The van der Waals surface area contributed by atoms with E-state index in [0.717, 1.165) is 25.7 Å². The maximum absolute atomic E-state index is 12.3. The Kier molecular flexibility index (Phi) is 3.86. The summed E-state index contributed by atoms with van der Waals surface area (Å²) in [7, 11) is 0. The van der Waals surface area contributed by atoms with Crippen molar-refractivity contribution >= 4 is 16.5 Å².